The molecule has 1 aliphatic rings. The number of rotatable bonds is 8. The lowest BCUT2D eigenvalue weighted by atomic mass is 9.98. The van der Waals surface area contributed by atoms with Crippen molar-refractivity contribution in [2.45, 2.75) is 63.2 Å². The van der Waals surface area contributed by atoms with E-state index >= 15 is 0 Å². The number of ketones is 1. The first-order chi connectivity index (χ1) is 20.3. The molecule has 0 saturated carbocycles. The molecule has 0 aliphatic carbocycles. The number of Topliss-reactive ketones (excluding diaryl/α,β-unsaturated/α-hetero) is 1. The number of nitrogens with zero attached hydrogens (tertiary/aromatic N) is 3. The van der Waals surface area contributed by atoms with E-state index in [0.29, 0.717) is 46.3 Å². The summed E-state index contributed by atoms with van der Waals surface area (Å²) in [6.45, 7) is 5.56. The topological polar surface area (TPSA) is 110 Å². The molecule has 1 aliphatic heterocycles. The molecule has 1 amide bonds. The molecule has 4 aromatic rings. The highest BCUT2D eigenvalue weighted by molar-refractivity contribution is 7.89. The van der Waals surface area contributed by atoms with Crippen molar-refractivity contribution in [3.63, 3.8) is 0 Å². The van der Waals surface area contributed by atoms with Gasteiger partial charge < -0.3 is 9.15 Å². The van der Waals surface area contributed by atoms with Gasteiger partial charge in [0.05, 0.1) is 6.04 Å². The average molecular weight is 608 g/mol. The Balaban J connectivity index is 1.27. The van der Waals surface area contributed by atoms with Crippen LogP contribution in [0.2, 0.25) is 0 Å². The van der Waals surface area contributed by atoms with Gasteiger partial charge in [-0.15, -0.1) is 0 Å². The summed E-state index contributed by atoms with van der Waals surface area (Å²) >= 11 is 0. The highest BCUT2D eigenvalue weighted by Crippen LogP contribution is 2.31. The SMILES string of the molecule is CN(C(=O)OC(C)(C)C)c1ccc(-c2ccc(F)c(CCC(=O)C3CCCN3S(=O)(=O)c3cc4ccccc4o3)c2)cn1. The van der Waals surface area contributed by atoms with Crippen molar-refractivity contribution in [3.8, 4) is 11.1 Å². The number of para-hydroxylation sites is 1. The van der Waals surface area contributed by atoms with Crippen molar-refractivity contribution in [3.05, 3.63) is 78.2 Å². The molecule has 2 aromatic carbocycles. The molecule has 1 fully saturated rings. The van der Waals surface area contributed by atoms with Crippen molar-refractivity contribution in [2.75, 3.05) is 18.5 Å². The van der Waals surface area contributed by atoms with E-state index in [9.17, 15) is 22.4 Å². The van der Waals surface area contributed by atoms with Gasteiger partial charge in [-0.3, -0.25) is 9.69 Å². The van der Waals surface area contributed by atoms with Crippen LogP contribution in [0.1, 0.15) is 45.6 Å². The van der Waals surface area contributed by atoms with Gasteiger partial charge in [-0.05, 0) is 81.5 Å². The van der Waals surface area contributed by atoms with E-state index in [1.54, 1.807) is 82.5 Å². The van der Waals surface area contributed by atoms with Crippen molar-refractivity contribution in [1.29, 1.82) is 0 Å². The maximum Gasteiger partial charge on any atom is 0.415 e. The van der Waals surface area contributed by atoms with E-state index in [4.69, 9.17) is 9.15 Å². The van der Waals surface area contributed by atoms with Gasteiger partial charge in [-0.25, -0.2) is 22.6 Å². The molecule has 43 heavy (non-hydrogen) atoms. The fourth-order valence-corrected chi connectivity index (χ4v) is 6.73. The largest absolute Gasteiger partial charge is 0.443 e. The minimum Gasteiger partial charge on any atom is -0.443 e. The van der Waals surface area contributed by atoms with Gasteiger partial charge in [0.1, 0.15) is 22.8 Å². The first kappa shape index (κ1) is 30.4. The zero-order valence-corrected chi connectivity index (χ0v) is 25.4. The molecule has 11 heteroatoms. The number of hydrogen-bond donors (Lipinski definition) is 0. The lowest BCUT2D eigenvalue weighted by molar-refractivity contribution is -0.122. The number of carbonyl (C=O) groups excluding carboxylic acids is 2. The number of fused-ring (bicyclic) bond motifs is 1. The summed E-state index contributed by atoms with van der Waals surface area (Å²) in [5, 5.41) is 0.475. The lowest BCUT2D eigenvalue weighted by Gasteiger charge is -2.24. The first-order valence-electron chi connectivity index (χ1n) is 14.1. The second-order valence-electron chi connectivity index (χ2n) is 11.6. The summed E-state index contributed by atoms with van der Waals surface area (Å²) < 4.78 is 53.8. The molecule has 226 valence electrons. The molecule has 0 spiro atoms. The number of carbonyl (C=O) groups is 2. The highest BCUT2D eigenvalue weighted by Gasteiger charge is 2.40. The Morgan fingerprint density at radius 1 is 1.09 bits per heavy atom. The molecule has 1 unspecified atom stereocenters. The smallest absolute Gasteiger partial charge is 0.415 e. The number of sulfonamides is 1. The maximum atomic E-state index is 14.8. The number of anilines is 1. The van der Waals surface area contributed by atoms with Gasteiger partial charge in [-0.1, -0.05) is 24.3 Å². The molecule has 0 N–H and O–H groups in total. The van der Waals surface area contributed by atoms with Crippen LogP contribution in [0.5, 0.6) is 0 Å². The first-order valence-corrected chi connectivity index (χ1v) is 15.5. The van der Waals surface area contributed by atoms with Crippen LogP contribution in [0.25, 0.3) is 22.1 Å². The number of benzene rings is 2. The number of amides is 1. The van der Waals surface area contributed by atoms with E-state index in [-0.39, 0.29) is 30.3 Å². The Bertz CT molecular complexity index is 1730. The molecular weight excluding hydrogens is 573 g/mol. The summed E-state index contributed by atoms with van der Waals surface area (Å²) in [4.78, 5) is 31.3. The molecule has 5 rings (SSSR count). The molecule has 1 atom stereocenters. The molecule has 0 bridgehead atoms. The lowest BCUT2D eigenvalue weighted by Crippen LogP contribution is -2.40. The normalized spacial score (nSPS) is 16.0. The number of furan rings is 1. The number of aryl methyl sites for hydroxylation is 1. The third-order valence-electron chi connectivity index (χ3n) is 7.32. The van der Waals surface area contributed by atoms with Crippen molar-refractivity contribution >= 4 is 38.7 Å². The number of halogens is 1. The zero-order chi connectivity index (χ0) is 30.9. The minimum absolute atomic E-state index is 0.0188. The third kappa shape index (κ3) is 6.62. The van der Waals surface area contributed by atoms with Crippen molar-refractivity contribution < 1.29 is 31.6 Å². The molecule has 1 saturated heterocycles. The predicted octanol–water partition coefficient (Wildman–Crippen LogP) is 6.36. The highest BCUT2D eigenvalue weighted by atomic mass is 32.2. The number of hydrogen-bond acceptors (Lipinski definition) is 7. The Morgan fingerprint density at radius 2 is 1.84 bits per heavy atom. The summed E-state index contributed by atoms with van der Waals surface area (Å²) in [5.74, 6) is -0.327. The third-order valence-corrected chi connectivity index (χ3v) is 9.08. The standard InChI is InChI=1S/C32H34FN3O6S/c1-32(2,3)42-31(38)35(4)29-16-13-24(20-34-29)21-11-14-25(33)22(18-21)12-15-27(37)26-9-7-17-36(26)43(39,40)30-19-23-8-5-6-10-28(23)41-30/h5-6,8,10-11,13-14,16,18-20,26H,7,9,12,15,17H2,1-4H3. The van der Waals surface area contributed by atoms with Crippen molar-refractivity contribution in [2.24, 2.45) is 0 Å². The summed E-state index contributed by atoms with van der Waals surface area (Å²) in [7, 11) is -2.45. The Kier molecular flexibility index (Phi) is 8.40. The molecule has 0 radical (unpaired) electrons. The van der Waals surface area contributed by atoms with Crippen LogP contribution >= 0.6 is 0 Å². The van der Waals surface area contributed by atoms with E-state index in [1.165, 1.54) is 21.3 Å². The van der Waals surface area contributed by atoms with E-state index < -0.39 is 33.6 Å². The fraction of sp³-hybridized carbons (Fsp3) is 0.344. The molecule has 3 heterocycles. The Labute approximate surface area is 250 Å². The van der Waals surface area contributed by atoms with E-state index in [0.717, 1.165) is 0 Å². The van der Waals surface area contributed by atoms with Crippen LogP contribution in [0.3, 0.4) is 0 Å². The molecule has 2 aromatic heterocycles. The van der Waals surface area contributed by atoms with Gasteiger partial charge in [0, 0.05) is 43.2 Å². The van der Waals surface area contributed by atoms with Gasteiger partial charge in [0.15, 0.2) is 5.78 Å². The molecular formula is C32H34FN3O6S. The predicted molar refractivity (Wildman–Crippen MR) is 161 cm³/mol. The maximum absolute atomic E-state index is 14.8. The Hall–Kier alpha value is -4.09. The van der Waals surface area contributed by atoms with Gasteiger partial charge in [0.2, 0.25) is 5.09 Å². The van der Waals surface area contributed by atoms with Gasteiger partial charge in [0.25, 0.3) is 10.0 Å². The quantitative estimate of drug-likeness (QED) is 0.229. The minimum atomic E-state index is -4.02. The van der Waals surface area contributed by atoms with Gasteiger partial charge in [-0.2, -0.15) is 4.31 Å². The summed E-state index contributed by atoms with van der Waals surface area (Å²) in [6.07, 6.45) is 2.09. The van der Waals surface area contributed by atoms with Crippen LogP contribution in [-0.2, 0) is 26.0 Å². The van der Waals surface area contributed by atoms with Gasteiger partial charge >= 0.3 is 6.09 Å². The molecule has 9 nitrogen and oxygen atoms in total. The van der Waals surface area contributed by atoms with Crippen LogP contribution in [0, 0.1) is 5.82 Å². The summed E-state index contributed by atoms with van der Waals surface area (Å²) in [5.41, 5.74) is 1.55. The number of ether oxygens (including phenoxy) is 1. The average Bonchev–Trinajstić information content (AvgIpc) is 3.64. The second-order valence-corrected chi connectivity index (χ2v) is 13.4. The van der Waals surface area contributed by atoms with Crippen LogP contribution in [0.15, 0.2) is 76.4 Å². The van der Waals surface area contributed by atoms with Crippen LogP contribution in [0.4, 0.5) is 15.0 Å². The van der Waals surface area contributed by atoms with Crippen LogP contribution in [-0.4, -0.2) is 54.8 Å². The second kappa shape index (κ2) is 11.9. The monoisotopic (exact) mass is 607 g/mol. The summed E-state index contributed by atoms with van der Waals surface area (Å²) in [6, 6.07) is 15.7. The van der Waals surface area contributed by atoms with E-state index in [2.05, 4.69) is 4.98 Å². The fourth-order valence-electron chi connectivity index (χ4n) is 5.10. The van der Waals surface area contributed by atoms with Crippen molar-refractivity contribution in [1.82, 2.24) is 9.29 Å². The Morgan fingerprint density at radius 3 is 2.53 bits per heavy atom. The van der Waals surface area contributed by atoms with E-state index in [1.807, 2.05) is 0 Å². The van der Waals surface area contributed by atoms with Crippen LogP contribution < -0.4 is 4.90 Å². The number of aromatic nitrogens is 1. The zero-order valence-electron chi connectivity index (χ0n) is 24.5. The number of pyridine rings is 1.